The summed E-state index contributed by atoms with van der Waals surface area (Å²) in [5.74, 6) is 0.117. The second-order valence-electron chi connectivity index (χ2n) is 15.3. The number of benzene rings is 1. The number of nitrogens with zero attached hydrogens (tertiary/aromatic N) is 7. The highest BCUT2D eigenvalue weighted by Gasteiger charge is 2.44. The number of piperazine rings is 1. The van der Waals surface area contributed by atoms with Crippen LogP contribution in [0.1, 0.15) is 63.4 Å². The lowest BCUT2D eigenvalue weighted by molar-refractivity contribution is -0.144. The number of aromatic nitrogens is 4. The zero-order valence-corrected chi connectivity index (χ0v) is 33.4. The quantitative estimate of drug-likeness (QED) is 0.171. The number of aliphatic hydroxyl groups is 1. The topological polar surface area (TPSA) is 183 Å². The summed E-state index contributed by atoms with van der Waals surface area (Å²) in [6, 6.07) is 11.4. The first-order chi connectivity index (χ1) is 26.2. The largest absolute Gasteiger partial charge is 0.391 e. The second-order valence-corrected chi connectivity index (χ2v) is 16.6. The number of likely N-dealkylation sites (tertiary alicyclic amines) is 1. The molecule has 14 nitrogen and oxygen atoms in total. The number of carbonyl (C=O) groups is 3. The lowest BCUT2D eigenvalue weighted by Gasteiger charge is -2.37. The van der Waals surface area contributed by atoms with Gasteiger partial charge in [0.05, 0.1) is 33.9 Å². The van der Waals surface area contributed by atoms with E-state index in [1.54, 1.807) is 23.6 Å². The summed E-state index contributed by atoms with van der Waals surface area (Å²) >= 11 is 7.63. The Morgan fingerprint density at radius 2 is 1.73 bits per heavy atom. The van der Waals surface area contributed by atoms with E-state index in [4.69, 9.17) is 17.3 Å². The van der Waals surface area contributed by atoms with Crippen molar-refractivity contribution in [2.24, 2.45) is 5.41 Å². The predicted octanol–water partition coefficient (Wildman–Crippen LogP) is 4.17. The molecule has 3 amide bonds. The van der Waals surface area contributed by atoms with Crippen molar-refractivity contribution in [2.75, 3.05) is 48.3 Å². The van der Waals surface area contributed by atoms with Gasteiger partial charge in [0.2, 0.25) is 17.7 Å². The van der Waals surface area contributed by atoms with Gasteiger partial charge < -0.3 is 36.2 Å². The highest BCUT2D eigenvalue weighted by molar-refractivity contribution is 7.13. The third-order valence-electron chi connectivity index (χ3n) is 10.2. The number of nitrogen functional groups attached to an aromatic ring is 1. The van der Waals surface area contributed by atoms with Gasteiger partial charge in [0.1, 0.15) is 17.9 Å². The average Bonchev–Trinajstić information content (AvgIpc) is 3.78. The molecule has 55 heavy (non-hydrogen) atoms. The monoisotopic (exact) mass is 788 g/mol. The van der Waals surface area contributed by atoms with Gasteiger partial charge in [-0.15, -0.1) is 21.5 Å². The maximum Gasteiger partial charge on any atom is 0.246 e. The maximum atomic E-state index is 14.1. The zero-order chi connectivity index (χ0) is 39.4. The Hall–Kier alpha value is -4.86. The van der Waals surface area contributed by atoms with Crippen LogP contribution in [-0.2, 0) is 20.8 Å². The molecule has 16 heteroatoms. The molecule has 1 unspecified atom stereocenters. The van der Waals surface area contributed by atoms with Crippen molar-refractivity contribution in [3.63, 3.8) is 0 Å². The number of pyridine rings is 1. The fourth-order valence-electron chi connectivity index (χ4n) is 7.09. The van der Waals surface area contributed by atoms with E-state index in [9.17, 15) is 19.5 Å². The van der Waals surface area contributed by atoms with E-state index in [1.807, 2.05) is 76.5 Å². The van der Waals surface area contributed by atoms with Crippen LogP contribution in [0.15, 0.2) is 54.2 Å². The maximum absolute atomic E-state index is 14.1. The van der Waals surface area contributed by atoms with E-state index >= 15 is 0 Å². The number of aliphatic hydroxyl groups excluding tert-OH is 1. The standard InChI is InChI=1S/C39H49ClN10O4S/c1-23(26-7-9-27(10-8-26)34-24(2)43-22-55-34)44-37(53)30-19-28(51)21-50(30)38(54)35(39(3,4)5)45-33(52)11-6-25-12-13-42-32(18-25)49-16-14-48(15-17-49)29-20-31(40)46-47-36(29)41/h7-10,12-13,18,20,22-23,28,30,35,51H,6,11,14-17,19,21H2,1-5H3,(H2,41,47)(H,44,53)(H,45,52)/t23-,28+,30-,35?/m0/s1. The smallest absolute Gasteiger partial charge is 0.246 e. The first kappa shape index (κ1) is 39.8. The summed E-state index contributed by atoms with van der Waals surface area (Å²) in [5, 5.41) is 24.7. The van der Waals surface area contributed by atoms with Crippen LogP contribution in [0.4, 0.5) is 17.3 Å². The molecule has 5 heterocycles. The Balaban J connectivity index is 1.04. The Morgan fingerprint density at radius 3 is 2.40 bits per heavy atom. The average molecular weight is 789 g/mol. The second kappa shape index (κ2) is 16.9. The van der Waals surface area contributed by atoms with Gasteiger partial charge in [0, 0.05) is 57.8 Å². The normalized spacial score (nSPS) is 18.6. The van der Waals surface area contributed by atoms with E-state index < -0.39 is 29.5 Å². The molecule has 2 aliphatic rings. The van der Waals surface area contributed by atoms with E-state index in [-0.39, 0.29) is 42.4 Å². The van der Waals surface area contributed by atoms with Crippen molar-refractivity contribution in [1.82, 2.24) is 35.7 Å². The molecular weight excluding hydrogens is 740 g/mol. The van der Waals surface area contributed by atoms with Gasteiger partial charge in [0.15, 0.2) is 11.0 Å². The highest BCUT2D eigenvalue weighted by Crippen LogP contribution is 2.30. The highest BCUT2D eigenvalue weighted by atomic mass is 35.5. The summed E-state index contributed by atoms with van der Waals surface area (Å²) in [6.45, 7) is 12.3. The van der Waals surface area contributed by atoms with Crippen molar-refractivity contribution >= 4 is 58.0 Å². The summed E-state index contributed by atoms with van der Waals surface area (Å²) in [5.41, 5.74) is 11.8. The van der Waals surface area contributed by atoms with Crippen molar-refractivity contribution in [1.29, 1.82) is 0 Å². The van der Waals surface area contributed by atoms with Crippen LogP contribution >= 0.6 is 22.9 Å². The molecule has 2 aliphatic heterocycles. The fraction of sp³-hybridized carbons (Fsp3) is 0.462. The Labute approximate surface area is 330 Å². The number of halogens is 1. The molecule has 0 radical (unpaired) electrons. The number of rotatable bonds is 11. The van der Waals surface area contributed by atoms with Gasteiger partial charge in [-0.05, 0) is 54.5 Å². The number of carbonyl (C=O) groups excluding carboxylic acids is 3. The molecule has 1 aromatic carbocycles. The Bertz CT molecular complexity index is 2000. The number of anilines is 3. The first-order valence-corrected chi connectivity index (χ1v) is 19.8. The van der Waals surface area contributed by atoms with Crippen LogP contribution in [-0.4, -0.2) is 98.8 Å². The lowest BCUT2D eigenvalue weighted by atomic mass is 9.85. The number of thiazole rings is 1. The SMILES string of the molecule is Cc1ncsc1-c1ccc([C@H](C)NC(=O)[C@@H]2C[C@@H](O)CN2C(=O)C(NC(=O)CCc2ccnc(N3CCN(c4cc(Cl)nnc4N)CC3)c2)C(C)(C)C)cc1. The number of nitrogens with one attached hydrogen (secondary N) is 2. The van der Waals surface area contributed by atoms with Crippen LogP contribution < -0.4 is 26.2 Å². The van der Waals surface area contributed by atoms with Crippen LogP contribution in [0, 0.1) is 12.3 Å². The van der Waals surface area contributed by atoms with Crippen molar-refractivity contribution in [2.45, 2.75) is 78.1 Å². The molecule has 5 N–H and O–H groups in total. The summed E-state index contributed by atoms with van der Waals surface area (Å²) in [4.78, 5) is 57.0. The molecule has 4 aromatic rings. The number of β-amino-alcohol motifs (C(OH)–C–C–N with tert-alkyl or cyclic N) is 1. The Morgan fingerprint density at radius 1 is 1.02 bits per heavy atom. The summed E-state index contributed by atoms with van der Waals surface area (Å²) in [6.07, 6.45) is 1.59. The molecule has 2 fully saturated rings. The van der Waals surface area contributed by atoms with Gasteiger partial charge in [-0.3, -0.25) is 14.4 Å². The van der Waals surface area contributed by atoms with Gasteiger partial charge in [-0.2, -0.15) is 0 Å². The number of nitrogens with two attached hydrogens (primary N) is 1. The molecule has 6 rings (SSSR count). The van der Waals surface area contributed by atoms with Gasteiger partial charge in [-0.25, -0.2) is 9.97 Å². The molecule has 0 aliphatic carbocycles. The zero-order valence-electron chi connectivity index (χ0n) is 31.8. The number of hydrogen-bond donors (Lipinski definition) is 4. The van der Waals surface area contributed by atoms with Crippen LogP contribution in [0.3, 0.4) is 0 Å². The van der Waals surface area contributed by atoms with Crippen LogP contribution in [0.2, 0.25) is 5.15 Å². The van der Waals surface area contributed by atoms with Gasteiger partial charge in [-0.1, -0.05) is 56.6 Å². The minimum Gasteiger partial charge on any atom is -0.391 e. The van der Waals surface area contributed by atoms with Crippen molar-refractivity contribution in [3.8, 4) is 10.4 Å². The number of hydrogen-bond acceptors (Lipinski definition) is 12. The predicted molar refractivity (Wildman–Crippen MR) is 215 cm³/mol. The van der Waals surface area contributed by atoms with Gasteiger partial charge in [0.25, 0.3) is 0 Å². The molecule has 2 saturated heterocycles. The van der Waals surface area contributed by atoms with E-state index in [1.165, 1.54) is 4.90 Å². The lowest BCUT2D eigenvalue weighted by Crippen LogP contribution is -2.57. The molecule has 0 saturated carbocycles. The molecular formula is C39H49ClN10O4S. The van der Waals surface area contributed by atoms with E-state index in [2.05, 4.69) is 40.6 Å². The summed E-state index contributed by atoms with van der Waals surface area (Å²) < 4.78 is 0. The van der Waals surface area contributed by atoms with Crippen molar-refractivity contribution < 1.29 is 19.5 Å². The third kappa shape index (κ3) is 9.51. The van der Waals surface area contributed by atoms with E-state index in [0.29, 0.717) is 38.4 Å². The third-order valence-corrected chi connectivity index (χ3v) is 11.4. The van der Waals surface area contributed by atoms with Crippen molar-refractivity contribution in [3.05, 3.63) is 76.1 Å². The Kier molecular flexibility index (Phi) is 12.2. The number of amides is 3. The minimum absolute atomic E-state index is 0.00524. The van der Waals surface area contributed by atoms with Gasteiger partial charge >= 0.3 is 0 Å². The molecule has 0 spiro atoms. The number of aryl methyl sites for hydroxylation is 2. The summed E-state index contributed by atoms with van der Waals surface area (Å²) in [7, 11) is 0. The van der Waals surface area contributed by atoms with E-state index in [0.717, 1.165) is 38.8 Å². The first-order valence-electron chi connectivity index (χ1n) is 18.5. The molecule has 4 atom stereocenters. The minimum atomic E-state index is -0.912. The van der Waals surface area contributed by atoms with Crippen LogP contribution in [0.5, 0.6) is 0 Å². The molecule has 3 aromatic heterocycles. The fourth-order valence-corrected chi connectivity index (χ4v) is 8.05. The van der Waals surface area contributed by atoms with Crippen LogP contribution in [0.25, 0.3) is 10.4 Å². The molecule has 0 bridgehead atoms. The molecule has 292 valence electrons.